The average molecular weight is 323 g/mol. The van der Waals surface area contributed by atoms with Crippen molar-refractivity contribution in [1.29, 1.82) is 0 Å². The summed E-state index contributed by atoms with van der Waals surface area (Å²) in [5, 5.41) is 7.29. The Hall–Kier alpha value is -1.67. The zero-order valence-corrected chi connectivity index (χ0v) is 13.5. The molecule has 0 spiro atoms. The Kier molecular flexibility index (Phi) is 3.81. The van der Waals surface area contributed by atoms with Gasteiger partial charge in [-0.25, -0.2) is 9.97 Å². The Balaban J connectivity index is 1.74. The van der Waals surface area contributed by atoms with E-state index >= 15 is 0 Å². The first-order chi connectivity index (χ1) is 10.0. The third-order valence-electron chi connectivity index (χ3n) is 3.09. The Morgan fingerprint density at radius 3 is 2.76 bits per heavy atom. The lowest BCUT2D eigenvalue weighted by molar-refractivity contribution is 0.103. The van der Waals surface area contributed by atoms with Crippen LogP contribution in [-0.2, 0) is 12.8 Å². The molecular formula is C13H17N5OS2. The van der Waals surface area contributed by atoms with Gasteiger partial charge in [-0.3, -0.25) is 10.1 Å². The lowest BCUT2D eigenvalue weighted by Crippen LogP contribution is -2.12. The van der Waals surface area contributed by atoms with E-state index in [1.54, 1.807) is 11.3 Å². The molecule has 0 radical (unpaired) electrons. The summed E-state index contributed by atoms with van der Waals surface area (Å²) in [4.78, 5) is 22.6. The van der Waals surface area contributed by atoms with Gasteiger partial charge in [0.2, 0.25) is 0 Å². The summed E-state index contributed by atoms with van der Waals surface area (Å²) in [6.45, 7) is 4.02. The van der Waals surface area contributed by atoms with Crippen molar-refractivity contribution in [3.8, 4) is 0 Å². The third kappa shape index (κ3) is 3.01. The van der Waals surface area contributed by atoms with Crippen molar-refractivity contribution in [3.05, 3.63) is 15.4 Å². The van der Waals surface area contributed by atoms with Crippen molar-refractivity contribution < 1.29 is 4.79 Å². The smallest absolute Gasteiger partial charge is 0.271 e. The molecular weight excluding hydrogens is 306 g/mol. The first kappa shape index (κ1) is 14.3. The van der Waals surface area contributed by atoms with Gasteiger partial charge in [-0.1, -0.05) is 11.3 Å². The molecule has 0 fully saturated rings. The molecule has 0 saturated heterocycles. The van der Waals surface area contributed by atoms with Crippen LogP contribution >= 0.6 is 22.7 Å². The van der Waals surface area contributed by atoms with E-state index in [1.165, 1.54) is 16.2 Å². The molecule has 21 heavy (non-hydrogen) atoms. The number of aromatic nitrogens is 2. The maximum atomic E-state index is 12.3. The monoisotopic (exact) mass is 323 g/mol. The van der Waals surface area contributed by atoms with Crippen LogP contribution in [-0.4, -0.2) is 21.9 Å². The van der Waals surface area contributed by atoms with Crippen LogP contribution in [0.1, 0.15) is 40.5 Å². The number of hydrogen-bond donors (Lipinski definition) is 3. The summed E-state index contributed by atoms with van der Waals surface area (Å²) in [5.74, 6) is 0.0129. The largest absolute Gasteiger partial charge is 0.382 e. The summed E-state index contributed by atoms with van der Waals surface area (Å²) in [6, 6.07) is 0.244. The summed E-state index contributed by atoms with van der Waals surface area (Å²) in [5.41, 5.74) is 6.95. The molecule has 6 nitrogen and oxygen atoms in total. The zero-order chi connectivity index (χ0) is 15.0. The number of nitrogens with two attached hydrogens (primary N) is 1. The van der Waals surface area contributed by atoms with Gasteiger partial charge in [-0.2, -0.15) is 0 Å². The predicted molar refractivity (Wildman–Crippen MR) is 87.4 cm³/mol. The minimum absolute atomic E-state index is 0.241. The minimum Gasteiger partial charge on any atom is -0.382 e. The van der Waals surface area contributed by atoms with Gasteiger partial charge in [0.25, 0.3) is 5.91 Å². The number of anilines is 3. The van der Waals surface area contributed by atoms with E-state index in [-0.39, 0.29) is 17.8 Å². The molecule has 2 aromatic rings. The second-order valence-corrected chi connectivity index (χ2v) is 7.31. The lowest BCUT2D eigenvalue weighted by Gasteiger charge is -2.03. The standard InChI is InChI=1S/C13H17N5OS2/c1-6(2)15-12-17-10(14)9(21-12)11(19)18-13-16-7-4-3-5-8(7)20-13/h6H,3-5,14H2,1-2H3,(H,15,17)(H,16,18,19). The van der Waals surface area contributed by atoms with Gasteiger partial charge < -0.3 is 11.1 Å². The number of nitrogens with one attached hydrogen (secondary N) is 2. The quantitative estimate of drug-likeness (QED) is 0.804. The SMILES string of the molecule is CC(C)Nc1nc(N)c(C(=O)Nc2nc3c(s2)CCC3)s1. The van der Waals surface area contributed by atoms with Crippen molar-refractivity contribution in [2.45, 2.75) is 39.2 Å². The Morgan fingerprint density at radius 2 is 2.05 bits per heavy atom. The number of amides is 1. The fourth-order valence-corrected chi connectivity index (χ4v) is 4.17. The number of hydrogen-bond acceptors (Lipinski definition) is 7. The normalized spacial score (nSPS) is 13.5. The van der Waals surface area contributed by atoms with Crippen molar-refractivity contribution in [1.82, 2.24) is 9.97 Å². The van der Waals surface area contributed by atoms with Gasteiger partial charge >= 0.3 is 0 Å². The van der Waals surface area contributed by atoms with Gasteiger partial charge in [0.15, 0.2) is 10.3 Å². The predicted octanol–water partition coefficient (Wildman–Crippen LogP) is 2.74. The topological polar surface area (TPSA) is 92.9 Å². The van der Waals surface area contributed by atoms with E-state index in [0.717, 1.165) is 25.0 Å². The first-order valence-electron chi connectivity index (χ1n) is 6.85. The van der Waals surface area contributed by atoms with Crippen molar-refractivity contribution in [2.24, 2.45) is 0 Å². The summed E-state index contributed by atoms with van der Waals surface area (Å²) in [7, 11) is 0. The van der Waals surface area contributed by atoms with E-state index in [2.05, 4.69) is 20.6 Å². The summed E-state index contributed by atoms with van der Waals surface area (Å²) in [6.07, 6.45) is 3.23. The number of thiazole rings is 2. The second-order valence-electron chi connectivity index (χ2n) is 5.23. The Bertz CT molecular complexity index is 655. The minimum atomic E-state index is -0.241. The molecule has 0 saturated carbocycles. The van der Waals surface area contributed by atoms with Crippen LogP contribution in [0, 0.1) is 0 Å². The molecule has 0 unspecified atom stereocenters. The van der Waals surface area contributed by atoms with Crippen LogP contribution in [0.25, 0.3) is 0 Å². The number of carbonyl (C=O) groups excluding carboxylic acids is 1. The van der Waals surface area contributed by atoms with Crippen LogP contribution in [0.15, 0.2) is 0 Å². The zero-order valence-electron chi connectivity index (χ0n) is 11.9. The Labute approximate surface area is 130 Å². The lowest BCUT2D eigenvalue weighted by atomic mass is 10.4. The molecule has 0 atom stereocenters. The fraction of sp³-hybridized carbons (Fsp3) is 0.462. The van der Waals surface area contributed by atoms with Gasteiger partial charge in [0.1, 0.15) is 10.7 Å². The van der Waals surface area contributed by atoms with E-state index < -0.39 is 0 Å². The Morgan fingerprint density at radius 1 is 1.24 bits per heavy atom. The fourth-order valence-electron chi connectivity index (χ4n) is 2.20. The van der Waals surface area contributed by atoms with Crippen LogP contribution in [0.3, 0.4) is 0 Å². The molecule has 1 amide bonds. The highest BCUT2D eigenvalue weighted by Crippen LogP contribution is 2.32. The molecule has 112 valence electrons. The molecule has 2 heterocycles. The molecule has 0 aliphatic heterocycles. The highest BCUT2D eigenvalue weighted by atomic mass is 32.1. The summed E-state index contributed by atoms with van der Waals surface area (Å²) < 4.78 is 0. The number of carbonyl (C=O) groups is 1. The highest BCUT2D eigenvalue weighted by Gasteiger charge is 2.21. The molecule has 2 aromatic heterocycles. The van der Waals surface area contributed by atoms with E-state index in [4.69, 9.17) is 5.73 Å². The third-order valence-corrected chi connectivity index (χ3v) is 5.16. The van der Waals surface area contributed by atoms with Crippen LogP contribution < -0.4 is 16.4 Å². The maximum absolute atomic E-state index is 12.3. The molecule has 8 heteroatoms. The number of nitrogen functional groups attached to an aromatic ring is 1. The number of rotatable bonds is 4. The molecule has 1 aliphatic rings. The molecule has 0 aromatic carbocycles. The van der Waals surface area contributed by atoms with Crippen molar-refractivity contribution in [2.75, 3.05) is 16.4 Å². The van der Waals surface area contributed by atoms with Crippen LogP contribution in [0.2, 0.25) is 0 Å². The molecule has 0 bridgehead atoms. The number of aryl methyl sites for hydroxylation is 2. The molecule has 3 rings (SSSR count). The van der Waals surface area contributed by atoms with Gasteiger partial charge in [0, 0.05) is 10.9 Å². The molecule has 1 aliphatic carbocycles. The van der Waals surface area contributed by atoms with Crippen molar-refractivity contribution >= 4 is 44.7 Å². The number of fused-ring (bicyclic) bond motifs is 1. The van der Waals surface area contributed by atoms with Gasteiger partial charge in [-0.05, 0) is 33.1 Å². The van der Waals surface area contributed by atoms with E-state index in [1.807, 2.05) is 13.8 Å². The highest BCUT2D eigenvalue weighted by molar-refractivity contribution is 7.18. The van der Waals surface area contributed by atoms with Gasteiger partial charge in [-0.15, -0.1) is 11.3 Å². The van der Waals surface area contributed by atoms with Crippen molar-refractivity contribution in [3.63, 3.8) is 0 Å². The average Bonchev–Trinajstić information content (AvgIpc) is 3.02. The maximum Gasteiger partial charge on any atom is 0.271 e. The van der Waals surface area contributed by atoms with Crippen LogP contribution in [0.5, 0.6) is 0 Å². The summed E-state index contributed by atoms with van der Waals surface area (Å²) >= 11 is 2.82. The number of nitrogens with zero attached hydrogens (tertiary/aromatic N) is 2. The second kappa shape index (κ2) is 5.61. The van der Waals surface area contributed by atoms with Gasteiger partial charge in [0.05, 0.1) is 5.69 Å². The van der Waals surface area contributed by atoms with Crippen LogP contribution in [0.4, 0.5) is 16.1 Å². The van der Waals surface area contributed by atoms with E-state index in [9.17, 15) is 4.79 Å². The first-order valence-corrected chi connectivity index (χ1v) is 8.49. The van der Waals surface area contributed by atoms with E-state index in [0.29, 0.717) is 15.1 Å². The molecule has 4 N–H and O–H groups in total.